The number of hydrogen-bond donors (Lipinski definition) is 2. The van der Waals surface area contributed by atoms with Gasteiger partial charge in [0.2, 0.25) is 0 Å². The third-order valence-electron chi connectivity index (χ3n) is 3.17. The Morgan fingerprint density at radius 2 is 2.12 bits per heavy atom. The zero-order chi connectivity index (χ0) is 12.3. The van der Waals surface area contributed by atoms with Crippen LogP contribution >= 0.6 is 39.3 Å². The molecule has 0 spiro atoms. The highest BCUT2D eigenvalue weighted by atomic mass is 79.9. The van der Waals surface area contributed by atoms with Gasteiger partial charge in [-0.1, -0.05) is 11.6 Å². The molecule has 1 saturated heterocycles. The molecular weight excluding hydrogens is 320 g/mol. The maximum atomic E-state index is 5.99. The Balaban J connectivity index is 2.14. The predicted molar refractivity (Wildman–Crippen MR) is 81.1 cm³/mol. The summed E-state index contributed by atoms with van der Waals surface area (Å²) in [4.78, 5) is 0. The van der Waals surface area contributed by atoms with Crippen LogP contribution in [0.5, 0.6) is 0 Å². The lowest BCUT2D eigenvalue weighted by atomic mass is 9.92. The van der Waals surface area contributed by atoms with Gasteiger partial charge in [0.25, 0.3) is 0 Å². The van der Waals surface area contributed by atoms with Crippen LogP contribution in [0.2, 0.25) is 5.02 Å². The van der Waals surface area contributed by atoms with E-state index in [1.165, 1.54) is 11.5 Å². The maximum Gasteiger partial charge on any atom is 0.0549 e. The minimum absolute atomic E-state index is 0.0541. The minimum Gasteiger partial charge on any atom is -0.378 e. The number of thioether (sulfide) groups is 1. The fourth-order valence-electron chi connectivity index (χ4n) is 2.02. The summed E-state index contributed by atoms with van der Waals surface area (Å²) >= 11 is 11.4. The van der Waals surface area contributed by atoms with Crippen molar-refractivity contribution in [1.29, 1.82) is 0 Å². The quantitative estimate of drug-likeness (QED) is 0.883. The van der Waals surface area contributed by atoms with E-state index in [2.05, 4.69) is 21.2 Å². The van der Waals surface area contributed by atoms with E-state index in [9.17, 15) is 0 Å². The van der Waals surface area contributed by atoms with Gasteiger partial charge < -0.3 is 11.1 Å². The molecule has 0 saturated carbocycles. The zero-order valence-corrected chi connectivity index (χ0v) is 12.7. The molecule has 3 N–H and O–H groups in total. The summed E-state index contributed by atoms with van der Waals surface area (Å²) in [5.74, 6) is 2.36. The first-order valence-electron chi connectivity index (χ1n) is 5.66. The van der Waals surface area contributed by atoms with Gasteiger partial charge in [0.15, 0.2) is 0 Å². The number of anilines is 1. The highest BCUT2D eigenvalue weighted by Crippen LogP contribution is 2.32. The summed E-state index contributed by atoms with van der Waals surface area (Å²) in [7, 11) is 0. The zero-order valence-electron chi connectivity index (χ0n) is 9.51. The number of rotatable bonds is 3. The Hall–Kier alpha value is 0.1000. The normalized spacial score (nSPS) is 19.0. The minimum atomic E-state index is 0.0541. The summed E-state index contributed by atoms with van der Waals surface area (Å²) in [6, 6.07) is 5.92. The molecule has 0 bridgehead atoms. The van der Waals surface area contributed by atoms with E-state index in [1.54, 1.807) is 0 Å². The van der Waals surface area contributed by atoms with Gasteiger partial charge in [-0.25, -0.2) is 0 Å². The molecule has 5 heteroatoms. The number of halogens is 2. The lowest BCUT2D eigenvalue weighted by Gasteiger charge is -2.37. The van der Waals surface area contributed by atoms with E-state index in [-0.39, 0.29) is 5.54 Å². The Labute approximate surface area is 120 Å². The van der Waals surface area contributed by atoms with Crippen LogP contribution in [-0.2, 0) is 0 Å². The van der Waals surface area contributed by atoms with Crippen LogP contribution in [0.4, 0.5) is 5.69 Å². The first-order chi connectivity index (χ1) is 8.15. The molecule has 1 aliphatic rings. The van der Waals surface area contributed by atoms with Gasteiger partial charge in [-0.15, -0.1) is 0 Å². The van der Waals surface area contributed by atoms with Crippen LogP contribution in [0.3, 0.4) is 0 Å². The van der Waals surface area contributed by atoms with Crippen molar-refractivity contribution in [3.63, 3.8) is 0 Å². The highest BCUT2D eigenvalue weighted by molar-refractivity contribution is 9.10. The second kappa shape index (κ2) is 5.83. The van der Waals surface area contributed by atoms with Gasteiger partial charge in [0.1, 0.15) is 0 Å². The van der Waals surface area contributed by atoms with Gasteiger partial charge in [0.05, 0.1) is 10.6 Å². The molecule has 0 amide bonds. The summed E-state index contributed by atoms with van der Waals surface area (Å²) in [6.45, 7) is 0.674. The van der Waals surface area contributed by atoms with Crippen LogP contribution in [0.25, 0.3) is 0 Å². The topological polar surface area (TPSA) is 38.0 Å². The van der Waals surface area contributed by atoms with Crippen molar-refractivity contribution in [2.45, 2.75) is 18.4 Å². The van der Waals surface area contributed by atoms with Crippen molar-refractivity contribution in [3.05, 3.63) is 27.7 Å². The van der Waals surface area contributed by atoms with Crippen LogP contribution < -0.4 is 11.1 Å². The summed E-state index contributed by atoms with van der Waals surface area (Å²) in [6.07, 6.45) is 2.24. The average molecular weight is 336 g/mol. The smallest absolute Gasteiger partial charge is 0.0549 e. The lowest BCUT2D eigenvalue weighted by Crippen LogP contribution is -2.48. The van der Waals surface area contributed by atoms with Crippen LogP contribution in [0, 0.1) is 0 Å². The largest absolute Gasteiger partial charge is 0.378 e. The van der Waals surface area contributed by atoms with E-state index >= 15 is 0 Å². The molecule has 0 aromatic heterocycles. The fraction of sp³-hybridized carbons (Fsp3) is 0.500. The number of nitrogens with one attached hydrogen (secondary N) is 1. The van der Waals surface area contributed by atoms with Crippen molar-refractivity contribution in [2.75, 3.05) is 23.4 Å². The Morgan fingerprint density at radius 3 is 2.71 bits per heavy atom. The number of benzene rings is 1. The van der Waals surface area contributed by atoms with Crippen LogP contribution in [0.15, 0.2) is 22.7 Å². The van der Waals surface area contributed by atoms with Crippen molar-refractivity contribution < 1.29 is 0 Å². The van der Waals surface area contributed by atoms with Gasteiger partial charge in [0, 0.05) is 16.7 Å². The van der Waals surface area contributed by atoms with E-state index in [0.717, 1.165) is 28.0 Å². The summed E-state index contributed by atoms with van der Waals surface area (Å²) in [5.41, 5.74) is 7.08. The Morgan fingerprint density at radius 1 is 1.41 bits per heavy atom. The lowest BCUT2D eigenvalue weighted by molar-refractivity contribution is 0.443. The van der Waals surface area contributed by atoms with E-state index < -0.39 is 0 Å². The molecule has 1 aromatic rings. The monoisotopic (exact) mass is 334 g/mol. The summed E-state index contributed by atoms with van der Waals surface area (Å²) in [5, 5.41) is 4.32. The molecule has 1 fully saturated rings. The number of hydrogen-bond acceptors (Lipinski definition) is 3. The fourth-order valence-corrected chi connectivity index (χ4v) is 3.79. The highest BCUT2D eigenvalue weighted by Gasteiger charge is 2.30. The van der Waals surface area contributed by atoms with Crippen molar-refractivity contribution in [1.82, 2.24) is 0 Å². The predicted octanol–water partition coefficient (Wildman–Crippen LogP) is 3.74. The summed E-state index contributed by atoms with van der Waals surface area (Å²) < 4.78 is 0.918. The van der Waals surface area contributed by atoms with Crippen LogP contribution in [0.1, 0.15) is 12.8 Å². The van der Waals surface area contributed by atoms with E-state index in [1.807, 2.05) is 30.0 Å². The van der Waals surface area contributed by atoms with E-state index in [4.69, 9.17) is 17.3 Å². The maximum absolute atomic E-state index is 5.99. The Bertz CT molecular complexity index is 394. The van der Waals surface area contributed by atoms with Crippen molar-refractivity contribution >= 4 is 45.0 Å². The van der Waals surface area contributed by atoms with Gasteiger partial charge in [-0.2, -0.15) is 11.8 Å². The Kier molecular flexibility index (Phi) is 4.64. The average Bonchev–Trinajstić information content (AvgIpc) is 2.35. The first-order valence-corrected chi connectivity index (χ1v) is 7.99. The second-order valence-electron chi connectivity index (χ2n) is 4.35. The third kappa shape index (κ3) is 3.31. The molecule has 94 valence electrons. The molecule has 17 heavy (non-hydrogen) atoms. The second-order valence-corrected chi connectivity index (χ2v) is 6.84. The molecule has 1 aromatic carbocycles. The van der Waals surface area contributed by atoms with Gasteiger partial charge >= 0.3 is 0 Å². The third-order valence-corrected chi connectivity index (χ3v) is 5.37. The molecular formula is C12H16BrClN2S. The molecule has 0 aliphatic carbocycles. The molecule has 2 rings (SSSR count). The van der Waals surface area contributed by atoms with Crippen molar-refractivity contribution in [3.8, 4) is 0 Å². The molecule has 2 nitrogen and oxygen atoms in total. The SMILES string of the molecule is NCC1(Nc2ccc(Cl)c(Br)c2)CCSCC1. The molecule has 1 heterocycles. The molecule has 0 radical (unpaired) electrons. The number of nitrogens with two attached hydrogens (primary N) is 1. The molecule has 0 unspecified atom stereocenters. The van der Waals surface area contributed by atoms with Gasteiger partial charge in [-0.05, 0) is 58.5 Å². The molecule has 0 atom stereocenters. The van der Waals surface area contributed by atoms with Crippen LogP contribution in [-0.4, -0.2) is 23.6 Å². The first kappa shape index (κ1) is 13.5. The standard InChI is InChI=1S/C12H16BrClN2S/c13-10-7-9(1-2-11(10)14)16-12(8-15)3-5-17-6-4-12/h1-2,7,16H,3-6,8,15H2. The van der Waals surface area contributed by atoms with E-state index in [0.29, 0.717) is 6.54 Å². The van der Waals surface area contributed by atoms with Crippen molar-refractivity contribution in [2.24, 2.45) is 5.73 Å². The van der Waals surface area contributed by atoms with Gasteiger partial charge in [-0.3, -0.25) is 0 Å². The molecule has 1 aliphatic heterocycles.